The molecule has 8 heteroatoms. The molecule has 0 saturated heterocycles. The Labute approximate surface area is 108 Å². The first kappa shape index (κ1) is 17.4. The van der Waals surface area contributed by atoms with E-state index in [2.05, 4.69) is 10.0 Å². The van der Waals surface area contributed by atoms with Gasteiger partial charge in [0.25, 0.3) is 0 Å². The molecule has 0 aliphatic heterocycles. The zero-order chi connectivity index (χ0) is 14.2. The molecule has 0 unspecified atom stereocenters. The first-order valence-corrected chi connectivity index (χ1v) is 7.60. The molecule has 1 atom stereocenters. The summed E-state index contributed by atoms with van der Waals surface area (Å²) in [7, 11) is -3.27. The Morgan fingerprint density at radius 3 is 2.06 bits per heavy atom. The third kappa shape index (κ3) is 8.50. The lowest BCUT2D eigenvalue weighted by Crippen LogP contribution is -2.17. The molecule has 0 amide bonds. The summed E-state index contributed by atoms with van der Waals surface area (Å²) in [5.74, 6) is 0. The monoisotopic (exact) mass is 279 g/mol. The second-order valence-corrected chi connectivity index (χ2v) is 6.34. The van der Waals surface area contributed by atoms with E-state index in [0.29, 0.717) is 0 Å². The van der Waals surface area contributed by atoms with Crippen molar-refractivity contribution in [2.24, 2.45) is 5.11 Å². The first-order chi connectivity index (χ1) is 8.29. The third-order valence-corrected chi connectivity index (χ3v) is 3.61. The molecule has 106 valence electrons. The summed E-state index contributed by atoms with van der Waals surface area (Å²) in [6.07, 6.45) is -0.914. The molecule has 0 N–H and O–H groups in total. The van der Waals surface area contributed by atoms with Gasteiger partial charge in [-0.2, -0.15) is 0 Å². The molecule has 0 fully saturated rings. The standard InChI is InChI=1S/C10H22N3O4P/c1-8(2)16-18(14,17-9(3)4)7-15-10(5)6-12-13-11/h8-10H,6-7H2,1-5H3/t10-/m0/s1. The summed E-state index contributed by atoms with van der Waals surface area (Å²) in [6, 6.07) is 0. The van der Waals surface area contributed by atoms with E-state index in [9.17, 15) is 4.57 Å². The fourth-order valence-electron chi connectivity index (χ4n) is 1.15. The van der Waals surface area contributed by atoms with Crippen LogP contribution in [-0.4, -0.2) is 31.2 Å². The molecule has 18 heavy (non-hydrogen) atoms. The van der Waals surface area contributed by atoms with E-state index in [1.165, 1.54) is 0 Å². The van der Waals surface area contributed by atoms with Crippen LogP contribution in [0, 0.1) is 0 Å². The van der Waals surface area contributed by atoms with Gasteiger partial charge in [0.05, 0.1) is 24.9 Å². The van der Waals surface area contributed by atoms with Gasteiger partial charge < -0.3 is 13.8 Å². The van der Waals surface area contributed by atoms with Gasteiger partial charge in [0, 0.05) is 4.91 Å². The molecule has 0 bridgehead atoms. The molecule has 0 spiro atoms. The molecular formula is C10H22N3O4P. The minimum atomic E-state index is -3.27. The number of ether oxygens (including phenoxy) is 1. The Kier molecular flexibility index (Phi) is 8.24. The van der Waals surface area contributed by atoms with E-state index in [1.54, 1.807) is 34.6 Å². The number of rotatable bonds is 9. The zero-order valence-corrected chi connectivity index (χ0v) is 12.5. The highest BCUT2D eigenvalue weighted by Crippen LogP contribution is 2.50. The normalized spacial score (nSPS) is 13.7. The fourth-order valence-corrected chi connectivity index (χ4v) is 3.04. The average Bonchev–Trinajstić information content (AvgIpc) is 2.21. The van der Waals surface area contributed by atoms with Gasteiger partial charge in [-0.3, -0.25) is 4.57 Å². The number of hydrogen-bond acceptors (Lipinski definition) is 5. The SMILES string of the molecule is CC(C)OP(=O)(CO[C@@H](C)CN=[N+]=[N-])OC(C)C. The number of azide groups is 1. The lowest BCUT2D eigenvalue weighted by Gasteiger charge is -2.23. The van der Waals surface area contributed by atoms with Gasteiger partial charge in [0.1, 0.15) is 6.35 Å². The Bertz CT molecular complexity index is 315. The lowest BCUT2D eigenvalue weighted by molar-refractivity contribution is 0.0668. The Morgan fingerprint density at radius 2 is 1.67 bits per heavy atom. The number of hydrogen-bond donors (Lipinski definition) is 0. The summed E-state index contributed by atoms with van der Waals surface area (Å²) in [6.45, 7) is 9.02. The Morgan fingerprint density at radius 1 is 1.17 bits per heavy atom. The summed E-state index contributed by atoms with van der Waals surface area (Å²) in [5.41, 5.74) is 8.18. The van der Waals surface area contributed by atoms with Crippen molar-refractivity contribution < 1.29 is 18.3 Å². The summed E-state index contributed by atoms with van der Waals surface area (Å²) < 4.78 is 28.3. The smallest absolute Gasteiger partial charge is 0.356 e. The first-order valence-electron chi connectivity index (χ1n) is 5.87. The van der Waals surface area contributed by atoms with Gasteiger partial charge in [-0.15, -0.1) is 0 Å². The van der Waals surface area contributed by atoms with E-state index in [1.807, 2.05) is 0 Å². The quantitative estimate of drug-likeness (QED) is 0.278. The van der Waals surface area contributed by atoms with Crippen LogP contribution in [0.25, 0.3) is 10.4 Å². The predicted molar refractivity (Wildman–Crippen MR) is 69.5 cm³/mol. The molecule has 0 rings (SSSR count). The van der Waals surface area contributed by atoms with Gasteiger partial charge in [0.2, 0.25) is 0 Å². The number of nitrogens with zero attached hydrogens (tertiary/aromatic N) is 3. The highest BCUT2D eigenvalue weighted by molar-refractivity contribution is 7.53. The maximum Gasteiger partial charge on any atom is 0.356 e. The van der Waals surface area contributed by atoms with Gasteiger partial charge in [-0.1, -0.05) is 5.11 Å². The molecule has 0 aromatic rings. The maximum atomic E-state index is 12.3. The van der Waals surface area contributed by atoms with Crippen LogP contribution in [0.15, 0.2) is 5.11 Å². The Balaban J connectivity index is 4.40. The van der Waals surface area contributed by atoms with Crippen molar-refractivity contribution in [2.75, 3.05) is 12.9 Å². The van der Waals surface area contributed by atoms with Crippen LogP contribution in [0.4, 0.5) is 0 Å². The minimum Gasteiger partial charge on any atom is -0.366 e. The van der Waals surface area contributed by atoms with Crippen molar-refractivity contribution in [2.45, 2.75) is 52.9 Å². The van der Waals surface area contributed by atoms with Crippen LogP contribution in [0.1, 0.15) is 34.6 Å². The van der Waals surface area contributed by atoms with Crippen LogP contribution >= 0.6 is 7.60 Å². The largest absolute Gasteiger partial charge is 0.366 e. The van der Waals surface area contributed by atoms with E-state index in [4.69, 9.17) is 19.3 Å². The molecule has 0 radical (unpaired) electrons. The summed E-state index contributed by atoms with van der Waals surface area (Å²) in [4.78, 5) is 2.63. The van der Waals surface area contributed by atoms with Crippen molar-refractivity contribution in [3.05, 3.63) is 10.4 Å². The summed E-state index contributed by atoms with van der Waals surface area (Å²) >= 11 is 0. The molecule has 0 aromatic heterocycles. The fraction of sp³-hybridized carbons (Fsp3) is 1.00. The van der Waals surface area contributed by atoms with Crippen molar-refractivity contribution in [3.8, 4) is 0 Å². The van der Waals surface area contributed by atoms with E-state index in [0.717, 1.165) is 0 Å². The molecule has 0 saturated carbocycles. The maximum absolute atomic E-state index is 12.3. The van der Waals surface area contributed by atoms with E-state index >= 15 is 0 Å². The second-order valence-electron chi connectivity index (χ2n) is 4.44. The van der Waals surface area contributed by atoms with Crippen LogP contribution in [0.2, 0.25) is 0 Å². The molecule has 0 aliphatic carbocycles. The van der Waals surface area contributed by atoms with E-state index in [-0.39, 0.29) is 31.2 Å². The summed E-state index contributed by atoms with van der Waals surface area (Å²) in [5, 5.41) is 3.38. The van der Waals surface area contributed by atoms with Gasteiger partial charge in [-0.05, 0) is 40.1 Å². The lowest BCUT2D eigenvalue weighted by atomic mass is 10.4. The van der Waals surface area contributed by atoms with Gasteiger partial charge in [-0.25, -0.2) is 0 Å². The Hall–Kier alpha value is -0.580. The van der Waals surface area contributed by atoms with Gasteiger partial charge >= 0.3 is 7.60 Å². The van der Waals surface area contributed by atoms with Crippen molar-refractivity contribution in [1.29, 1.82) is 0 Å². The minimum absolute atomic E-state index is 0.147. The van der Waals surface area contributed by atoms with Crippen molar-refractivity contribution in [3.63, 3.8) is 0 Å². The molecule has 7 nitrogen and oxygen atoms in total. The third-order valence-electron chi connectivity index (χ3n) is 1.66. The average molecular weight is 279 g/mol. The zero-order valence-electron chi connectivity index (χ0n) is 11.6. The van der Waals surface area contributed by atoms with Crippen molar-refractivity contribution >= 4 is 7.60 Å². The van der Waals surface area contributed by atoms with Crippen molar-refractivity contribution in [1.82, 2.24) is 0 Å². The van der Waals surface area contributed by atoms with Crippen LogP contribution in [-0.2, 0) is 18.3 Å². The second kappa shape index (κ2) is 8.51. The molecular weight excluding hydrogens is 257 g/mol. The van der Waals surface area contributed by atoms with E-state index < -0.39 is 7.60 Å². The van der Waals surface area contributed by atoms with Crippen LogP contribution in [0.3, 0.4) is 0 Å². The highest BCUT2D eigenvalue weighted by Gasteiger charge is 2.28. The van der Waals surface area contributed by atoms with Crippen LogP contribution in [0.5, 0.6) is 0 Å². The topological polar surface area (TPSA) is 93.5 Å². The van der Waals surface area contributed by atoms with Crippen LogP contribution < -0.4 is 0 Å². The molecule has 0 heterocycles. The van der Waals surface area contributed by atoms with Gasteiger partial charge in [0.15, 0.2) is 0 Å². The highest BCUT2D eigenvalue weighted by atomic mass is 31.2. The predicted octanol–water partition coefficient (Wildman–Crippen LogP) is 3.70. The molecule has 0 aromatic carbocycles. The molecule has 0 aliphatic rings.